The highest BCUT2D eigenvalue weighted by Crippen LogP contribution is 2.24. The number of alkyl halides is 1. The average Bonchev–Trinajstić information content (AvgIpc) is 2.86. The molecule has 2 rings (SSSR count). The molecule has 1 aliphatic rings. The van der Waals surface area contributed by atoms with Crippen molar-refractivity contribution in [1.29, 1.82) is 0 Å². The molecule has 0 aliphatic carbocycles. The zero-order valence-electron chi connectivity index (χ0n) is 14.0. The summed E-state index contributed by atoms with van der Waals surface area (Å²) in [7, 11) is 10.4. The first-order valence-electron chi connectivity index (χ1n) is 6.94. The highest BCUT2D eigenvalue weighted by atomic mass is 19.1. The first-order valence-corrected chi connectivity index (χ1v) is 6.94. The molecule has 24 heavy (non-hydrogen) atoms. The van der Waals surface area contributed by atoms with E-state index in [1.54, 1.807) is 0 Å². The maximum absolute atomic E-state index is 11.3. The second-order valence-electron chi connectivity index (χ2n) is 4.90. The van der Waals surface area contributed by atoms with Crippen LogP contribution in [0, 0.1) is 0 Å². The lowest BCUT2D eigenvalue weighted by Gasteiger charge is -2.13. The molecule has 1 aliphatic heterocycles. The quantitative estimate of drug-likeness (QED) is 0.372. The highest BCUT2D eigenvalue weighted by Gasteiger charge is 2.23. The van der Waals surface area contributed by atoms with Gasteiger partial charge < -0.3 is 20.1 Å². The van der Waals surface area contributed by atoms with Crippen molar-refractivity contribution in [3.8, 4) is 0 Å². The van der Waals surface area contributed by atoms with Crippen molar-refractivity contribution in [3.05, 3.63) is 33.1 Å². The number of nitrogens with zero attached hydrogens (tertiary/aromatic N) is 1. The number of nitrogens with one attached hydrogen (secondary N) is 1. The third kappa shape index (κ3) is 13.1. The largest absolute Gasteiger partial charge is 0.406 e. The van der Waals surface area contributed by atoms with Crippen LogP contribution in [0.5, 0.6) is 0 Å². The maximum Gasteiger partial charge on any atom is 0.330 e. The van der Waals surface area contributed by atoms with E-state index in [1.165, 1.54) is 30.7 Å². The fraction of sp³-hybridized carbons (Fsp3) is 0.692. The van der Waals surface area contributed by atoms with Crippen LogP contribution in [0.25, 0.3) is 0 Å². The van der Waals surface area contributed by atoms with Gasteiger partial charge in [0.1, 0.15) is 21.9 Å². The third-order valence-corrected chi connectivity index (χ3v) is 2.19. The van der Waals surface area contributed by atoms with Gasteiger partial charge in [-0.3, -0.25) is 18.7 Å². The molecule has 1 aromatic heterocycles. The summed E-state index contributed by atoms with van der Waals surface area (Å²) < 4.78 is 16.1. The minimum Gasteiger partial charge on any atom is -0.406 e. The predicted molar refractivity (Wildman–Crippen MR) is 88.6 cm³/mol. The van der Waals surface area contributed by atoms with E-state index in [1.807, 2.05) is 0 Å². The van der Waals surface area contributed by atoms with Gasteiger partial charge in [0.15, 0.2) is 5.79 Å². The molecule has 0 saturated carbocycles. The van der Waals surface area contributed by atoms with E-state index in [2.05, 4.69) is 12.8 Å². The van der Waals surface area contributed by atoms with Crippen LogP contribution in [0.2, 0.25) is 0 Å². The van der Waals surface area contributed by atoms with Crippen LogP contribution in [0.1, 0.15) is 32.9 Å². The van der Waals surface area contributed by atoms with Crippen molar-refractivity contribution in [2.45, 2.75) is 44.7 Å². The summed E-state index contributed by atoms with van der Waals surface area (Å²) in [4.78, 5) is 24.3. The Kier molecular flexibility index (Phi) is 13.4. The number of ether oxygens (including phenoxy) is 1. The topological polar surface area (TPSA) is 125 Å². The zero-order chi connectivity index (χ0) is 19.3. The second-order valence-corrected chi connectivity index (χ2v) is 4.90. The molecule has 134 valence electrons. The molecular formula is C13H23B2FN2O6. The number of aromatic nitrogens is 2. The standard InChI is InChI=1S/C8H9BN2O3.C3H8O2.CH3BO.CH3F/c9-5-1-2-7(14-5)11-4-3-6(12)10-8(11)13;1-3(2,4)5;2-1-3;1-2/h3-5,7H,1-2H2,(H,10,12,13);4-5H,1-2H3;3H,1H2;1H3/t5-,7?;;;/m0.../s1. The third-order valence-electron chi connectivity index (χ3n) is 2.19. The molecule has 0 bridgehead atoms. The summed E-state index contributed by atoms with van der Waals surface area (Å²) in [5.74, 6) is -1.50. The van der Waals surface area contributed by atoms with Crippen molar-refractivity contribution in [2.75, 3.05) is 13.7 Å². The van der Waals surface area contributed by atoms with Crippen LogP contribution in [-0.2, 0) is 4.74 Å². The normalized spacial score (nSPS) is 19.0. The summed E-state index contributed by atoms with van der Waals surface area (Å²) in [5, 5.41) is 23.5. The van der Waals surface area contributed by atoms with Gasteiger partial charge in [-0.25, -0.2) is 4.79 Å². The first kappa shape index (κ1) is 24.8. The molecular weight excluding hydrogens is 321 g/mol. The number of H-pyrrole nitrogens is 1. The maximum atomic E-state index is 11.3. The van der Waals surface area contributed by atoms with E-state index in [0.717, 1.165) is 6.42 Å². The van der Waals surface area contributed by atoms with Gasteiger partial charge in [0.25, 0.3) is 5.56 Å². The Morgan fingerprint density at radius 3 is 2.17 bits per heavy atom. The number of hydrogen-bond donors (Lipinski definition) is 4. The first-order chi connectivity index (χ1) is 11.1. The van der Waals surface area contributed by atoms with Crippen LogP contribution in [0.15, 0.2) is 21.9 Å². The number of aliphatic hydroxyl groups is 3. The molecule has 4 radical (unpaired) electrons. The number of aliphatic hydroxyl groups excluding tert-OH is 1. The van der Waals surface area contributed by atoms with Gasteiger partial charge in [0, 0.05) is 24.8 Å². The SMILES string of the molecule is CC(C)(O)O.CF.[B]CO.[B][C@@H]1CCC(n2ccc(=O)[nH]c2=O)O1. The van der Waals surface area contributed by atoms with Gasteiger partial charge in [-0.15, -0.1) is 0 Å². The Morgan fingerprint density at radius 2 is 1.83 bits per heavy atom. The molecule has 8 nitrogen and oxygen atoms in total. The lowest BCUT2D eigenvalue weighted by atomic mass is 9.98. The Labute approximate surface area is 142 Å². The number of rotatable bonds is 1. The van der Waals surface area contributed by atoms with E-state index in [9.17, 15) is 14.0 Å². The number of aromatic amines is 1. The molecule has 1 aromatic rings. The minimum atomic E-state index is -1.50. The molecule has 11 heteroatoms. The van der Waals surface area contributed by atoms with Crippen LogP contribution < -0.4 is 11.2 Å². The molecule has 4 N–H and O–H groups in total. The average molecular weight is 344 g/mol. The smallest absolute Gasteiger partial charge is 0.330 e. The van der Waals surface area contributed by atoms with Crippen LogP contribution in [0.4, 0.5) is 4.39 Å². The van der Waals surface area contributed by atoms with Crippen molar-refractivity contribution in [1.82, 2.24) is 9.55 Å². The van der Waals surface area contributed by atoms with E-state index in [4.69, 9.17) is 27.9 Å². The Balaban J connectivity index is 0. The summed E-state index contributed by atoms with van der Waals surface area (Å²) in [6, 6.07) is 0.966. The van der Waals surface area contributed by atoms with Crippen molar-refractivity contribution in [2.24, 2.45) is 0 Å². The van der Waals surface area contributed by atoms with Crippen LogP contribution in [-0.4, -0.2) is 66.0 Å². The van der Waals surface area contributed by atoms with Crippen LogP contribution in [0.3, 0.4) is 0 Å². The molecule has 0 aromatic carbocycles. The van der Waals surface area contributed by atoms with Crippen molar-refractivity contribution in [3.63, 3.8) is 0 Å². The van der Waals surface area contributed by atoms with Gasteiger partial charge in [0.2, 0.25) is 0 Å². The minimum absolute atomic E-state index is 0.250. The molecule has 0 spiro atoms. The molecule has 2 atom stereocenters. The second kappa shape index (κ2) is 12.9. The number of halogens is 1. The molecule has 0 amide bonds. The highest BCUT2D eigenvalue weighted by molar-refractivity contribution is 6.11. The summed E-state index contributed by atoms with van der Waals surface area (Å²) in [5.41, 5.74) is -0.870. The van der Waals surface area contributed by atoms with E-state index >= 15 is 0 Å². The van der Waals surface area contributed by atoms with Gasteiger partial charge in [-0.2, -0.15) is 0 Å². The van der Waals surface area contributed by atoms with Crippen molar-refractivity contribution >= 4 is 15.7 Å². The Bertz CT molecular complexity index is 540. The molecule has 2 heterocycles. The Hall–Kier alpha value is -1.42. The van der Waals surface area contributed by atoms with E-state index < -0.39 is 17.0 Å². The van der Waals surface area contributed by atoms with Crippen LogP contribution >= 0.6 is 0 Å². The monoisotopic (exact) mass is 344 g/mol. The van der Waals surface area contributed by atoms with E-state index in [-0.39, 0.29) is 18.7 Å². The summed E-state index contributed by atoms with van der Waals surface area (Å²) >= 11 is 0. The fourth-order valence-corrected chi connectivity index (χ4v) is 1.50. The van der Waals surface area contributed by atoms with Gasteiger partial charge in [-0.1, -0.05) is 0 Å². The summed E-state index contributed by atoms with van der Waals surface area (Å²) in [6.45, 7) is 2.35. The van der Waals surface area contributed by atoms with Gasteiger partial charge >= 0.3 is 5.69 Å². The van der Waals surface area contributed by atoms with Gasteiger partial charge in [0.05, 0.1) is 7.18 Å². The Morgan fingerprint density at radius 1 is 1.38 bits per heavy atom. The molecule has 1 unspecified atom stereocenters. The molecule has 1 fully saturated rings. The van der Waals surface area contributed by atoms with E-state index in [0.29, 0.717) is 13.6 Å². The van der Waals surface area contributed by atoms with Gasteiger partial charge in [-0.05, 0) is 26.7 Å². The zero-order valence-corrected chi connectivity index (χ0v) is 14.0. The van der Waals surface area contributed by atoms with Crippen molar-refractivity contribution < 1.29 is 24.4 Å². The predicted octanol–water partition coefficient (Wildman–Crippen LogP) is -1.26. The lowest BCUT2D eigenvalue weighted by Crippen LogP contribution is -2.31. The lowest BCUT2D eigenvalue weighted by molar-refractivity contribution is -0.127. The number of hydrogen-bond acceptors (Lipinski definition) is 6. The summed E-state index contributed by atoms with van der Waals surface area (Å²) in [6.07, 6.45) is 2.47. The molecule has 1 saturated heterocycles. The fourth-order valence-electron chi connectivity index (χ4n) is 1.50.